The fourth-order valence-electron chi connectivity index (χ4n) is 2.37. The standard InChI is InChI=1S/C17H22N2O3.H3O4P/c1-12(22-13(2)20)6-4-8-18-16-11-15(21-3)10-14-7-5-9-19-17(14)16;1-5(2,3)4/h5,7,9-12,18H,4,6,8H2,1-3H3;(H3,1,2,3,4). The molecule has 2 aromatic rings. The number of phosphoric acid groups is 1. The normalized spacial score (nSPS) is 11.9. The van der Waals surface area contributed by atoms with Crippen LogP contribution in [0.1, 0.15) is 26.7 Å². The summed E-state index contributed by atoms with van der Waals surface area (Å²) in [5.41, 5.74) is 1.88. The van der Waals surface area contributed by atoms with E-state index in [4.69, 9.17) is 28.7 Å². The molecule has 0 saturated heterocycles. The first-order valence-electron chi connectivity index (χ1n) is 8.22. The molecule has 0 saturated carbocycles. The summed E-state index contributed by atoms with van der Waals surface area (Å²) in [4.78, 5) is 36.9. The van der Waals surface area contributed by atoms with Crippen LogP contribution >= 0.6 is 7.82 Å². The molecule has 0 spiro atoms. The van der Waals surface area contributed by atoms with E-state index >= 15 is 0 Å². The Bertz CT molecular complexity index is 786. The van der Waals surface area contributed by atoms with Gasteiger partial charge in [-0.15, -0.1) is 0 Å². The van der Waals surface area contributed by atoms with Gasteiger partial charge in [0.15, 0.2) is 0 Å². The fourth-order valence-corrected chi connectivity index (χ4v) is 2.37. The molecule has 0 fully saturated rings. The van der Waals surface area contributed by atoms with Crippen LogP contribution in [-0.4, -0.2) is 45.4 Å². The van der Waals surface area contributed by atoms with E-state index in [1.807, 2.05) is 31.2 Å². The summed E-state index contributed by atoms with van der Waals surface area (Å²) in [7, 11) is -2.98. The minimum absolute atomic E-state index is 0.0560. The van der Waals surface area contributed by atoms with Crippen molar-refractivity contribution in [3.05, 3.63) is 30.5 Å². The second-order valence-electron chi connectivity index (χ2n) is 5.75. The highest BCUT2D eigenvalue weighted by Crippen LogP contribution is 2.27. The van der Waals surface area contributed by atoms with Gasteiger partial charge in [0, 0.05) is 31.1 Å². The first-order chi connectivity index (χ1) is 12.6. The van der Waals surface area contributed by atoms with Crippen LogP contribution in [0.3, 0.4) is 0 Å². The predicted octanol–water partition coefficient (Wildman–Crippen LogP) is 2.46. The van der Waals surface area contributed by atoms with E-state index in [0.717, 1.165) is 41.7 Å². The lowest BCUT2D eigenvalue weighted by molar-refractivity contribution is -0.145. The number of benzene rings is 1. The molecule has 9 nitrogen and oxygen atoms in total. The smallest absolute Gasteiger partial charge is 0.466 e. The highest BCUT2D eigenvalue weighted by molar-refractivity contribution is 7.45. The van der Waals surface area contributed by atoms with Gasteiger partial charge in [0.05, 0.1) is 24.4 Å². The zero-order chi connectivity index (χ0) is 20.4. The van der Waals surface area contributed by atoms with Gasteiger partial charge in [-0.3, -0.25) is 9.78 Å². The summed E-state index contributed by atoms with van der Waals surface area (Å²) in [6.07, 6.45) is 3.45. The average Bonchev–Trinajstić information content (AvgIpc) is 2.56. The molecule has 1 atom stereocenters. The van der Waals surface area contributed by atoms with Crippen LogP contribution in [0.4, 0.5) is 5.69 Å². The molecule has 1 aromatic heterocycles. The Balaban J connectivity index is 0.000000646. The molecule has 4 N–H and O–H groups in total. The molecule has 0 bridgehead atoms. The molecule has 2 rings (SSSR count). The summed E-state index contributed by atoms with van der Waals surface area (Å²) < 4.78 is 19.3. The lowest BCUT2D eigenvalue weighted by Gasteiger charge is -2.13. The maximum absolute atomic E-state index is 10.9. The Hall–Kier alpha value is -2.19. The topological polar surface area (TPSA) is 138 Å². The van der Waals surface area contributed by atoms with E-state index in [1.165, 1.54) is 6.92 Å². The number of hydrogen-bond donors (Lipinski definition) is 4. The van der Waals surface area contributed by atoms with Crippen molar-refractivity contribution in [1.29, 1.82) is 0 Å². The highest BCUT2D eigenvalue weighted by Gasteiger charge is 2.07. The summed E-state index contributed by atoms with van der Waals surface area (Å²) in [6.45, 7) is 4.12. The number of pyridine rings is 1. The van der Waals surface area contributed by atoms with Crippen molar-refractivity contribution < 1.29 is 33.5 Å². The second kappa shape index (κ2) is 10.8. The van der Waals surface area contributed by atoms with E-state index in [9.17, 15) is 4.79 Å². The summed E-state index contributed by atoms with van der Waals surface area (Å²) in [5, 5.41) is 4.43. The predicted molar refractivity (Wildman–Crippen MR) is 102 cm³/mol. The van der Waals surface area contributed by atoms with Gasteiger partial charge in [-0.25, -0.2) is 4.57 Å². The summed E-state index contributed by atoms with van der Waals surface area (Å²) in [6, 6.07) is 7.84. The summed E-state index contributed by atoms with van der Waals surface area (Å²) >= 11 is 0. The number of carbonyl (C=O) groups is 1. The molecule has 0 aliphatic carbocycles. The first-order valence-corrected chi connectivity index (χ1v) is 9.79. The van der Waals surface area contributed by atoms with E-state index in [0.29, 0.717) is 0 Å². The van der Waals surface area contributed by atoms with E-state index < -0.39 is 7.82 Å². The number of esters is 1. The number of fused-ring (bicyclic) bond motifs is 1. The largest absolute Gasteiger partial charge is 0.497 e. The van der Waals surface area contributed by atoms with E-state index in [-0.39, 0.29) is 12.1 Å². The minimum Gasteiger partial charge on any atom is -0.497 e. The van der Waals surface area contributed by atoms with Crippen molar-refractivity contribution in [3.63, 3.8) is 0 Å². The van der Waals surface area contributed by atoms with Crippen molar-refractivity contribution in [2.75, 3.05) is 19.0 Å². The lowest BCUT2D eigenvalue weighted by atomic mass is 10.1. The van der Waals surface area contributed by atoms with Gasteiger partial charge < -0.3 is 29.5 Å². The molecule has 10 heteroatoms. The Morgan fingerprint density at radius 2 is 2.00 bits per heavy atom. The molecular weight excluding hydrogens is 375 g/mol. The first kappa shape index (κ1) is 22.9. The van der Waals surface area contributed by atoms with Crippen molar-refractivity contribution in [1.82, 2.24) is 4.98 Å². The molecule has 27 heavy (non-hydrogen) atoms. The van der Waals surface area contributed by atoms with Gasteiger partial charge in [-0.2, -0.15) is 0 Å². The molecule has 1 aromatic carbocycles. The third-order valence-electron chi connectivity index (χ3n) is 3.38. The van der Waals surface area contributed by atoms with Crippen LogP contribution in [0.5, 0.6) is 5.75 Å². The van der Waals surface area contributed by atoms with Crippen LogP contribution in [-0.2, 0) is 14.1 Å². The van der Waals surface area contributed by atoms with Gasteiger partial charge in [0.25, 0.3) is 0 Å². The summed E-state index contributed by atoms with van der Waals surface area (Å²) in [5.74, 6) is 0.569. The van der Waals surface area contributed by atoms with Crippen LogP contribution in [0.15, 0.2) is 30.5 Å². The number of carbonyl (C=O) groups excluding carboxylic acids is 1. The molecular formula is C17H25N2O7P. The van der Waals surface area contributed by atoms with Gasteiger partial charge in [0.2, 0.25) is 0 Å². The fraction of sp³-hybridized carbons (Fsp3) is 0.412. The lowest BCUT2D eigenvalue weighted by Crippen LogP contribution is -2.14. The van der Waals surface area contributed by atoms with Gasteiger partial charge in [-0.1, -0.05) is 6.07 Å². The van der Waals surface area contributed by atoms with Gasteiger partial charge >= 0.3 is 13.8 Å². The number of methoxy groups -OCH3 is 1. The maximum Gasteiger partial charge on any atom is 0.466 e. The number of anilines is 1. The van der Waals surface area contributed by atoms with Crippen LogP contribution in [0, 0.1) is 0 Å². The monoisotopic (exact) mass is 400 g/mol. The average molecular weight is 400 g/mol. The number of nitrogens with zero attached hydrogens (tertiary/aromatic N) is 1. The number of rotatable bonds is 7. The second-order valence-corrected chi connectivity index (χ2v) is 6.78. The molecule has 1 heterocycles. The molecule has 0 amide bonds. The molecule has 1 unspecified atom stereocenters. The Morgan fingerprint density at radius 1 is 1.33 bits per heavy atom. The molecule has 0 radical (unpaired) electrons. The molecule has 0 aliphatic rings. The van der Waals surface area contributed by atoms with Gasteiger partial charge in [0.1, 0.15) is 5.75 Å². The maximum atomic E-state index is 10.9. The highest BCUT2D eigenvalue weighted by atomic mass is 31.2. The minimum atomic E-state index is -4.64. The Labute approximate surface area is 157 Å². The van der Waals surface area contributed by atoms with Crippen LogP contribution in [0.25, 0.3) is 10.9 Å². The van der Waals surface area contributed by atoms with E-state index in [1.54, 1.807) is 13.3 Å². The van der Waals surface area contributed by atoms with Crippen molar-refractivity contribution >= 4 is 30.4 Å². The van der Waals surface area contributed by atoms with Gasteiger partial charge in [-0.05, 0) is 31.9 Å². The third-order valence-corrected chi connectivity index (χ3v) is 3.38. The van der Waals surface area contributed by atoms with Crippen molar-refractivity contribution in [2.45, 2.75) is 32.8 Å². The number of nitrogens with one attached hydrogen (secondary N) is 1. The Kier molecular flexibility index (Phi) is 9.17. The zero-order valence-corrected chi connectivity index (χ0v) is 16.3. The number of hydrogen-bond acceptors (Lipinski definition) is 6. The number of aromatic nitrogens is 1. The van der Waals surface area contributed by atoms with Crippen molar-refractivity contribution in [2.24, 2.45) is 0 Å². The SMILES string of the molecule is COc1cc(NCCCC(C)OC(C)=O)c2ncccc2c1.O=P(O)(O)O. The zero-order valence-electron chi connectivity index (χ0n) is 15.5. The quantitative estimate of drug-likeness (QED) is 0.314. The third kappa shape index (κ3) is 9.91. The number of ether oxygens (including phenoxy) is 2. The molecule has 0 aliphatic heterocycles. The van der Waals surface area contributed by atoms with E-state index in [2.05, 4.69) is 10.3 Å². The Morgan fingerprint density at radius 3 is 2.59 bits per heavy atom. The molecule has 150 valence electrons. The van der Waals surface area contributed by atoms with Crippen LogP contribution < -0.4 is 10.1 Å². The van der Waals surface area contributed by atoms with Crippen molar-refractivity contribution in [3.8, 4) is 5.75 Å². The van der Waals surface area contributed by atoms with Crippen LogP contribution in [0.2, 0.25) is 0 Å².